The molecule has 1 aliphatic rings. The molecule has 0 saturated carbocycles. The molecule has 0 aromatic carbocycles. The molecule has 1 saturated heterocycles. The summed E-state index contributed by atoms with van der Waals surface area (Å²) in [5.74, 6) is 1.02. The third-order valence-corrected chi connectivity index (χ3v) is 4.66. The minimum Gasteiger partial charge on any atom is -0.343 e. The van der Waals surface area contributed by atoms with Gasteiger partial charge in [0.2, 0.25) is 11.8 Å². The number of hydrogen-bond acceptors (Lipinski definition) is 3. The van der Waals surface area contributed by atoms with Gasteiger partial charge in [-0.15, -0.1) is 12.4 Å². The van der Waals surface area contributed by atoms with Gasteiger partial charge < -0.3 is 15.1 Å². The van der Waals surface area contributed by atoms with Gasteiger partial charge in [0.15, 0.2) is 0 Å². The van der Waals surface area contributed by atoms with Crippen LogP contribution in [0, 0.1) is 5.92 Å². The summed E-state index contributed by atoms with van der Waals surface area (Å²) in [6, 6.07) is 0. The van der Waals surface area contributed by atoms with Crippen LogP contribution in [0.5, 0.6) is 0 Å². The third kappa shape index (κ3) is 8.34. The molecule has 0 aromatic rings. The van der Waals surface area contributed by atoms with Crippen LogP contribution >= 0.6 is 12.4 Å². The predicted molar refractivity (Wildman–Crippen MR) is 101 cm³/mol. The lowest BCUT2D eigenvalue weighted by Gasteiger charge is -2.32. The molecule has 0 aliphatic carbocycles. The molecule has 2 amide bonds. The van der Waals surface area contributed by atoms with Gasteiger partial charge >= 0.3 is 0 Å². The van der Waals surface area contributed by atoms with Crippen LogP contribution in [0.1, 0.15) is 58.8 Å². The van der Waals surface area contributed by atoms with Gasteiger partial charge in [0.05, 0.1) is 0 Å². The summed E-state index contributed by atoms with van der Waals surface area (Å²) >= 11 is 0. The maximum Gasteiger partial charge on any atom is 0.223 e. The van der Waals surface area contributed by atoms with E-state index in [1.165, 1.54) is 6.42 Å². The Morgan fingerprint density at radius 2 is 1.67 bits per heavy atom. The fourth-order valence-electron chi connectivity index (χ4n) is 3.25. The van der Waals surface area contributed by atoms with Crippen molar-refractivity contribution in [3.8, 4) is 0 Å². The summed E-state index contributed by atoms with van der Waals surface area (Å²) in [6.07, 6.45) is 6.06. The quantitative estimate of drug-likeness (QED) is 0.650. The SMILES string of the molecule is CCCN(CCC)C(=O)CCC(=O)N1CCC(CCNC)CC1.Cl. The second-order valence-corrected chi connectivity index (χ2v) is 6.60. The van der Waals surface area contributed by atoms with Crippen molar-refractivity contribution in [3.05, 3.63) is 0 Å². The van der Waals surface area contributed by atoms with Crippen LogP contribution in [-0.4, -0.2) is 61.4 Å². The molecule has 1 aliphatic heterocycles. The van der Waals surface area contributed by atoms with E-state index in [1.807, 2.05) is 16.8 Å². The molecular weight excluding hydrogens is 326 g/mol. The number of rotatable bonds is 10. The Bertz CT molecular complexity index is 352. The zero-order valence-corrected chi connectivity index (χ0v) is 16.5. The van der Waals surface area contributed by atoms with Gasteiger partial charge in [0, 0.05) is 39.0 Å². The molecule has 0 atom stereocenters. The van der Waals surface area contributed by atoms with Gasteiger partial charge in [-0.25, -0.2) is 0 Å². The van der Waals surface area contributed by atoms with Crippen molar-refractivity contribution in [1.29, 1.82) is 0 Å². The van der Waals surface area contributed by atoms with E-state index in [0.29, 0.717) is 12.8 Å². The molecule has 0 radical (unpaired) electrons. The zero-order chi connectivity index (χ0) is 17.1. The maximum atomic E-state index is 12.3. The topological polar surface area (TPSA) is 52.7 Å². The van der Waals surface area contributed by atoms with Crippen molar-refractivity contribution < 1.29 is 9.59 Å². The Labute approximate surface area is 153 Å². The molecule has 0 spiro atoms. The zero-order valence-electron chi connectivity index (χ0n) is 15.7. The Morgan fingerprint density at radius 3 is 2.17 bits per heavy atom. The average molecular weight is 362 g/mol. The predicted octanol–water partition coefficient (Wildman–Crippen LogP) is 2.69. The molecule has 0 aromatic heterocycles. The first kappa shape index (κ1) is 23.2. The largest absolute Gasteiger partial charge is 0.343 e. The molecule has 1 fully saturated rings. The first-order chi connectivity index (χ1) is 11.1. The monoisotopic (exact) mass is 361 g/mol. The summed E-state index contributed by atoms with van der Waals surface area (Å²) in [7, 11) is 1.98. The van der Waals surface area contributed by atoms with Crippen LogP contribution in [0.15, 0.2) is 0 Å². The van der Waals surface area contributed by atoms with Gasteiger partial charge in [-0.3, -0.25) is 9.59 Å². The van der Waals surface area contributed by atoms with E-state index in [9.17, 15) is 9.59 Å². The molecule has 5 nitrogen and oxygen atoms in total. The average Bonchev–Trinajstić information content (AvgIpc) is 2.57. The van der Waals surface area contributed by atoms with Crippen molar-refractivity contribution >= 4 is 24.2 Å². The molecule has 1 heterocycles. The summed E-state index contributed by atoms with van der Waals surface area (Å²) in [6.45, 7) is 8.54. The van der Waals surface area contributed by atoms with E-state index in [2.05, 4.69) is 19.2 Å². The highest BCUT2D eigenvalue weighted by Crippen LogP contribution is 2.20. The Kier molecular flexibility index (Phi) is 13.0. The highest BCUT2D eigenvalue weighted by Gasteiger charge is 2.23. The van der Waals surface area contributed by atoms with Crippen LogP contribution < -0.4 is 5.32 Å². The lowest BCUT2D eigenvalue weighted by atomic mass is 9.93. The second kappa shape index (κ2) is 13.5. The van der Waals surface area contributed by atoms with E-state index >= 15 is 0 Å². The van der Waals surface area contributed by atoms with Crippen LogP contribution in [0.25, 0.3) is 0 Å². The fourth-order valence-corrected chi connectivity index (χ4v) is 3.25. The summed E-state index contributed by atoms with van der Waals surface area (Å²) in [4.78, 5) is 28.4. The summed E-state index contributed by atoms with van der Waals surface area (Å²) in [5, 5.41) is 3.19. The number of nitrogens with zero attached hydrogens (tertiary/aromatic N) is 2. The van der Waals surface area contributed by atoms with Crippen LogP contribution in [-0.2, 0) is 9.59 Å². The van der Waals surface area contributed by atoms with Crippen LogP contribution in [0.3, 0.4) is 0 Å². The van der Waals surface area contributed by atoms with Crippen molar-refractivity contribution in [2.45, 2.75) is 58.8 Å². The summed E-state index contributed by atoms with van der Waals surface area (Å²) < 4.78 is 0. The number of carbonyl (C=O) groups is 2. The summed E-state index contributed by atoms with van der Waals surface area (Å²) in [5.41, 5.74) is 0. The van der Waals surface area contributed by atoms with Gasteiger partial charge in [0.25, 0.3) is 0 Å². The first-order valence-corrected chi connectivity index (χ1v) is 9.32. The number of likely N-dealkylation sites (tertiary alicyclic amines) is 1. The molecular formula is C18H36ClN3O2. The van der Waals surface area contributed by atoms with Gasteiger partial charge in [-0.1, -0.05) is 13.8 Å². The van der Waals surface area contributed by atoms with Gasteiger partial charge in [-0.2, -0.15) is 0 Å². The number of piperidine rings is 1. The first-order valence-electron chi connectivity index (χ1n) is 9.32. The molecule has 6 heteroatoms. The lowest BCUT2D eigenvalue weighted by Crippen LogP contribution is -2.40. The molecule has 1 rings (SSSR count). The number of halogens is 1. The van der Waals surface area contributed by atoms with Crippen molar-refractivity contribution in [1.82, 2.24) is 15.1 Å². The highest BCUT2D eigenvalue weighted by molar-refractivity contribution is 5.85. The van der Waals surface area contributed by atoms with E-state index in [1.54, 1.807) is 0 Å². The Balaban J connectivity index is 0.00000529. The number of amides is 2. The van der Waals surface area contributed by atoms with Gasteiger partial charge in [0.1, 0.15) is 0 Å². The minimum absolute atomic E-state index is 0. The normalized spacial score (nSPS) is 15.0. The minimum atomic E-state index is 0. The van der Waals surface area contributed by atoms with Crippen molar-refractivity contribution in [2.75, 3.05) is 39.8 Å². The fraction of sp³-hybridized carbons (Fsp3) is 0.889. The third-order valence-electron chi connectivity index (χ3n) is 4.66. The van der Waals surface area contributed by atoms with Crippen molar-refractivity contribution in [3.63, 3.8) is 0 Å². The Hall–Kier alpha value is -0.810. The van der Waals surface area contributed by atoms with Crippen LogP contribution in [0.4, 0.5) is 0 Å². The second-order valence-electron chi connectivity index (χ2n) is 6.60. The van der Waals surface area contributed by atoms with Gasteiger partial charge in [-0.05, 0) is 51.6 Å². The highest BCUT2D eigenvalue weighted by atomic mass is 35.5. The maximum absolute atomic E-state index is 12.3. The molecule has 24 heavy (non-hydrogen) atoms. The number of nitrogens with one attached hydrogen (secondary N) is 1. The van der Waals surface area contributed by atoms with Crippen LogP contribution in [0.2, 0.25) is 0 Å². The smallest absolute Gasteiger partial charge is 0.223 e. The Morgan fingerprint density at radius 1 is 1.08 bits per heavy atom. The van der Waals surface area contributed by atoms with E-state index in [0.717, 1.165) is 64.3 Å². The molecule has 1 N–H and O–H groups in total. The molecule has 0 unspecified atom stereocenters. The van der Waals surface area contributed by atoms with E-state index in [4.69, 9.17) is 0 Å². The molecule has 142 valence electrons. The number of hydrogen-bond donors (Lipinski definition) is 1. The standard InChI is InChI=1S/C18H35N3O2.ClH/c1-4-12-20(13-5-2)17(22)6-7-18(23)21-14-9-16(10-15-21)8-11-19-3;/h16,19H,4-15H2,1-3H3;1H. The van der Waals surface area contributed by atoms with E-state index < -0.39 is 0 Å². The van der Waals surface area contributed by atoms with E-state index in [-0.39, 0.29) is 24.2 Å². The van der Waals surface area contributed by atoms with Crippen molar-refractivity contribution in [2.24, 2.45) is 5.92 Å². The number of carbonyl (C=O) groups excluding carboxylic acids is 2. The lowest BCUT2D eigenvalue weighted by molar-refractivity contribution is -0.137. The molecule has 0 bridgehead atoms.